The van der Waals surface area contributed by atoms with Crippen LogP contribution in [-0.2, 0) is 10.8 Å². The van der Waals surface area contributed by atoms with E-state index in [-0.39, 0.29) is 5.25 Å². The van der Waals surface area contributed by atoms with E-state index in [0.29, 0.717) is 16.7 Å². The predicted molar refractivity (Wildman–Crippen MR) is 90.6 cm³/mol. The highest BCUT2D eigenvalue weighted by molar-refractivity contribution is 7.86. The van der Waals surface area contributed by atoms with Crippen LogP contribution in [0.4, 0.5) is 0 Å². The van der Waals surface area contributed by atoms with Gasteiger partial charge in [0.15, 0.2) is 0 Å². The summed E-state index contributed by atoms with van der Waals surface area (Å²) in [7, 11) is -0.712. The van der Waals surface area contributed by atoms with Crippen molar-refractivity contribution >= 4 is 10.8 Å². The average Bonchev–Trinajstić information content (AvgIpc) is 2.43. The topological polar surface area (TPSA) is 29.1 Å². The number of rotatable bonds is 7. The van der Waals surface area contributed by atoms with Crippen molar-refractivity contribution in [3.05, 3.63) is 0 Å². The summed E-state index contributed by atoms with van der Waals surface area (Å²) in [6.07, 6.45) is 5.98. The molecule has 4 atom stereocenters. The van der Waals surface area contributed by atoms with Crippen LogP contribution in [0.3, 0.4) is 0 Å². The second kappa shape index (κ2) is 7.93. The summed E-state index contributed by atoms with van der Waals surface area (Å²) in [5, 5.41) is 4.27. The molecule has 0 spiro atoms. The number of hydrogen-bond acceptors (Lipinski definition) is 2. The normalized spacial score (nSPS) is 29.6. The molecule has 120 valence electrons. The van der Waals surface area contributed by atoms with Gasteiger partial charge in [-0.2, -0.15) is 0 Å². The monoisotopic (exact) mass is 301 g/mol. The highest BCUT2D eigenvalue weighted by atomic mass is 32.2. The highest BCUT2D eigenvalue weighted by Crippen LogP contribution is 2.42. The molecule has 0 bridgehead atoms. The summed E-state index contributed by atoms with van der Waals surface area (Å²) < 4.78 is 12.7. The van der Waals surface area contributed by atoms with Crippen LogP contribution in [0.15, 0.2) is 0 Å². The van der Waals surface area contributed by atoms with Gasteiger partial charge in [0, 0.05) is 22.1 Å². The molecule has 0 heterocycles. The Morgan fingerprint density at radius 3 is 2.40 bits per heavy atom. The van der Waals surface area contributed by atoms with Crippen molar-refractivity contribution < 1.29 is 4.21 Å². The quantitative estimate of drug-likeness (QED) is 0.766. The molecule has 1 fully saturated rings. The van der Waals surface area contributed by atoms with E-state index in [4.69, 9.17) is 0 Å². The molecule has 20 heavy (non-hydrogen) atoms. The van der Waals surface area contributed by atoms with Gasteiger partial charge in [0.2, 0.25) is 0 Å². The Morgan fingerprint density at radius 2 is 1.90 bits per heavy atom. The lowest BCUT2D eigenvalue weighted by atomic mass is 9.68. The van der Waals surface area contributed by atoms with E-state index in [1.165, 1.54) is 19.3 Å². The minimum Gasteiger partial charge on any atom is -0.313 e. The van der Waals surface area contributed by atoms with Gasteiger partial charge < -0.3 is 5.32 Å². The molecule has 1 rings (SSSR count). The second-order valence-electron chi connectivity index (χ2n) is 7.33. The Balaban J connectivity index is 2.80. The molecule has 0 aromatic heterocycles. The van der Waals surface area contributed by atoms with Crippen molar-refractivity contribution in [1.29, 1.82) is 0 Å². The first-order chi connectivity index (χ1) is 9.33. The molecule has 1 aliphatic carbocycles. The van der Waals surface area contributed by atoms with Crippen molar-refractivity contribution in [2.75, 3.05) is 6.54 Å². The van der Waals surface area contributed by atoms with Crippen LogP contribution in [0.5, 0.6) is 0 Å². The van der Waals surface area contributed by atoms with Gasteiger partial charge in [-0.1, -0.05) is 48.0 Å². The minimum atomic E-state index is -0.712. The van der Waals surface area contributed by atoms with Crippen LogP contribution in [0.25, 0.3) is 0 Å². The predicted octanol–water partition coefficient (Wildman–Crippen LogP) is 4.12. The van der Waals surface area contributed by atoms with E-state index in [1.54, 1.807) is 0 Å². The minimum absolute atomic E-state index is 0.273. The maximum atomic E-state index is 12.7. The van der Waals surface area contributed by atoms with Gasteiger partial charge in [-0.3, -0.25) is 4.21 Å². The van der Waals surface area contributed by atoms with E-state index in [9.17, 15) is 4.21 Å². The molecule has 2 nitrogen and oxygen atoms in total. The summed E-state index contributed by atoms with van der Waals surface area (Å²) in [4.78, 5) is 0. The summed E-state index contributed by atoms with van der Waals surface area (Å²) in [6, 6.07) is 0.460. The molecule has 3 heteroatoms. The zero-order chi connectivity index (χ0) is 15.3. The first kappa shape index (κ1) is 18.2. The third kappa shape index (κ3) is 4.56. The Labute approximate surface area is 128 Å². The number of nitrogens with one attached hydrogen (secondary N) is 1. The van der Waals surface area contributed by atoms with E-state index >= 15 is 0 Å². The smallest absolute Gasteiger partial charge is 0.0506 e. The summed E-state index contributed by atoms with van der Waals surface area (Å²) in [5.41, 5.74) is 0.384. The standard InChI is InChI=1S/C17H35NOS/c1-7-11-18-15-10-9-14(17(5,6)8-2)12-16(15)20(19)13(3)4/h13-16,18H,7-12H2,1-6H3. The van der Waals surface area contributed by atoms with Gasteiger partial charge in [-0.05, 0) is 43.6 Å². The maximum absolute atomic E-state index is 12.7. The van der Waals surface area contributed by atoms with Crippen LogP contribution < -0.4 is 5.32 Å². The van der Waals surface area contributed by atoms with Crippen LogP contribution >= 0.6 is 0 Å². The van der Waals surface area contributed by atoms with Crippen molar-refractivity contribution in [3.63, 3.8) is 0 Å². The summed E-state index contributed by atoms with van der Waals surface area (Å²) in [5.74, 6) is 0.722. The SMILES string of the molecule is CCCNC1CCC(C(C)(C)CC)CC1S(=O)C(C)C. The lowest BCUT2D eigenvalue weighted by Gasteiger charge is -2.43. The van der Waals surface area contributed by atoms with Crippen molar-refractivity contribution in [1.82, 2.24) is 5.32 Å². The maximum Gasteiger partial charge on any atom is 0.0506 e. The lowest BCUT2D eigenvalue weighted by molar-refractivity contribution is 0.140. The molecule has 1 N–H and O–H groups in total. The van der Waals surface area contributed by atoms with E-state index in [2.05, 4.69) is 46.9 Å². The largest absolute Gasteiger partial charge is 0.313 e. The Hall–Kier alpha value is 0.110. The fraction of sp³-hybridized carbons (Fsp3) is 1.00. The van der Waals surface area contributed by atoms with Crippen LogP contribution in [-0.4, -0.2) is 27.3 Å². The van der Waals surface area contributed by atoms with Crippen LogP contribution in [0.2, 0.25) is 0 Å². The van der Waals surface area contributed by atoms with Crippen LogP contribution in [0, 0.1) is 11.3 Å². The first-order valence-electron chi connectivity index (χ1n) is 8.46. The van der Waals surface area contributed by atoms with Gasteiger partial charge in [-0.25, -0.2) is 0 Å². The summed E-state index contributed by atoms with van der Waals surface area (Å²) in [6.45, 7) is 14.5. The lowest BCUT2D eigenvalue weighted by Crippen LogP contribution is -2.49. The molecule has 0 aromatic carbocycles. The summed E-state index contributed by atoms with van der Waals surface area (Å²) >= 11 is 0. The third-order valence-corrected chi connectivity index (χ3v) is 7.27. The van der Waals surface area contributed by atoms with Gasteiger partial charge in [-0.15, -0.1) is 0 Å². The molecule has 1 aliphatic rings. The Morgan fingerprint density at radius 1 is 1.25 bits per heavy atom. The van der Waals surface area contributed by atoms with Crippen molar-refractivity contribution in [3.8, 4) is 0 Å². The van der Waals surface area contributed by atoms with Gasteiger partial charge in [0.1, 0.15) is 0 Å². The molecule has 0 aromatic rings. The fourth-order valence-electron chi connectivity index (χ4n) is 3.30. The molecule has 0 amide bonds. The van der Waals surface area contributed by atoms with Crippen molar-refractivity contribution in [2.45, 2.75) is 90.2 Å². The van der Waals surface area contributed by atoms with Crippen molar-refractivity contribution in [2.24, 2.45) is 11.3 Å². The molecular formula is C17H35NOS. The number of hydrogen-bond donors (Lipinski definition) is 1. The molecule has 0 saturated heterocycles. The Kier molecular flexibility index (Phi) is 7.20. The fourth-order valence-corrected chi connectivity index (χ4v) is 4.97. The van der Waals surface area contributed by atoms with Gasteiger partial charge in [0.05, 0.1) is 5.25 Å². The molecule has 0 aliphatic heterocycles. The molecule has 4 unspecified atom stereocenters. The van der Waals surface area contributed by atoms with E-state index < -0.39 is 10.8 Å². The molecular weight excluding hydrogens is 266 g/mol. The Bertz CT molecular complexity index is 314. The van der Waals surface area contributed by atoms with Crippen LogP contribution in [0.1, 0.15) is 73.6 Å². The molecule has 1 saturated carbocycles. The van der Waals surface area contributed by atoms with Gasteiger partial charge in [0.25, 0.3) is 0 Å². The zero-order valence-corrected chi connectivity index (χ0v) is 15.2. The van der Waals surface area contributed by atoms with Gasteiger partial charge >= 0.3 is 0 Å². The van der Waals surface area contributed by atoms with E-state index in [1.807, 2.05) is 0 Å². The second-order valence-corrected chi connectivity index (χ2v) is 9.53. The molecule has 0 radical (unpaired) electrons. The highest BCUT2D eigenvalue weighted by Gasteiger charge is 2.39. The first-order valence-corrected chi connectivity index (χ1v) is 9.73. The van der Waals surface area contributed by atoms with E-state index in [0.717, 1.165) is 25.3 Å². The third-order valence-electron chi connectivity index (χ3n) is 5.23. The zero-order valence-electron chi connectivity index (χ0n) is 14.4. The average molecular weight is 302 g/mol.